The van der Waals surface area contributed by atoms with Gasteiger partial charge in [0.2, 0.25) is 5.95 Å². The second-order valence-electron chi connectivity index (χ2n) is 7.07. The monoisotopic (exact) mass is 314 g/mol. The second-order valence-corrected chi connectivity index (χ2v) is 7.07. The number of aromatic nitrogens is 4. The summed E-state index contributed by atoms with van der Waals surface area (Å²) in [6.07, 6.45) is 7.96. The van der Waals surface area contributed by atoms with Gasteiger partial charge in [-0.3, -0.25) is 0 Å². The van der Waals surface area contributed by atoms with Crippen molar-refractivity contribution >= 4 is 22.9 Å². The van der Waals surface area contributed by atoms with Gasteiger partial charge in [-0.15, -0.1) is 0 Å². The average molecular weight is 314 g/mol. The molecule has 122 valence electrons. The fourth-order valence-electron chi connectivity index (χ4n) is 3.51. The van der Waals surface area contributed by atoms with Crippen molar-refractivity contribution in [3.63, 3.8) is 0 Å². The molecular formula is C16H22N6O. The highest BCUT2D eigenvalue weighted by molar-refractivity contribution is 5.85. The van der Waals surface area contributed by atoms with Gasteiger partial charge in [-0.2, -0.15) is 9.97 Å². The summed E-state index contributed by atoms with van der Waals surface area (Å²) in [6, 6.07) is 0.156. The topological polar surface area (TPSA) is 93.1 Å². The Balaban J connectivity index is 1.78. The summed E-state index contributed by atoms with van der Waals surface area (Å²) in [4.78, 5) is 15.7. The molecule has 2 atom stereocenters. The lowest BCUT2D eigenvalue weighted by Crippen LogP contribution is -2.56. The van der Waals surface area contributed by atoms with Crippen molar-refractivity contribution in [2.24, 2.45) is 5.92 Å². The van der Waals surface area contributed by atoms with E-state index in [4.69, 9.17) is 5.73 Å². The molecule has 3 N–H and O–H groups in total. The Bertz CT molecular complexity index is 780. The summed E-state index contributed by atoms with van der Waals surface area (Å²) in [6.45, 7) is 5.53. The highest BCUT2D eigenvalue weighted by Crippen LogP contribution is 2.38. The minimum Gasteiger partial charge on any atom is -0.396 e. The van der Waals surface area contributed by atoms with Crippen molar-refractivity contribution in [3.05, 3.63) is 18.5 Å². The lowest BCUT2D eigenvalue weighted by atomic mass is 9.89. The van der Waals surface area contributed by atoms with Crippen LogP contribution in [0.4, 0.5) is 11.8 Å². The first-order chi connectivity index (χ1) is 11.0. The molecule has 1 saturated heterocycles. The molecule has 1 aliphatic heterocycles. The third kappa shape index (κ3) is 2.18. The highest BCUT2D eigenvalue weighted by Gasteiger charge is 2.38. The summed E-state index contributed by atoms with van der Waals surface area (Å²) in [5.74, 6) is 1.30. The first-order valence-electron chi connectivity index (χ1n) is 8.06. The third-order valence-corrected chi connectivity index (χ3v) is 5.10. The largest absolute Gasteiger partial charge is 0.396 e. The van der Waals surface area contributed by atoms with Crippen LogP contribution in [-0.2, 0) is 0 Å². The van der Waals surface area contributed by atoms with E-state index in [1.807, 2.05) is 10.9 Å². The molecule has 7 heteroatoms. The molecular weight excluding hydrogens is 292 g/mol. The zero-order valence-corrected chi connectivity index (χ0v) is 13.5. The van der Waals surface area contributed by atoms with Crippen LogP contribution < -0.4 is 10.6 Å². The van der Waals surface area contributed by atoms with Crippen LogP contribution in [0.15, 0.2) is 18.5 Å². The fraction of sp³-hybridized carbons (Fsp3) is 0.562. The lowest BCUT2D eigenvalue weighted by Gasteiger charge is -2.49. The molecule has 0 saturated carbocycles. The van der Waals surface area contributed by atoms with Crippen LogP contribution >= 0.6 is 0 Å². The van der Waals surface area contributed by atoms with Crippen LogP contribution in [0, 0.1) is 5.92 Å². The molecule has 0 radical (unpaired) electrons. The molecule has 2 aromatic heterocycles. The predicted octanol–water partition coefficient (Wildman–Crippen LogP) is 1.51. The molecule has 23 heavy (non-hydrogen) atoms. The van der Waals surface area contributed by atoms with Crippen molar-refractivity contribution in [2.45, 2.75) is 38.3 Å². The predicted molar refractivity (Wildman–Crippen MR) is 89.1 cm³/mol. The molecule has 0 unspecified atom stereocenters. The molecule has 1 fully saturated rings. The van der Waals surface area contributed by atoms with Gasteiger partial charge in [-0.05, 0) is 26.7 Å². The summed E-state index contributed by atoms with van der Waals surface area (Å²) in [5.41, 5.74) is 7.60. The normalized spacial score (nSPS) is 26.0. The molecule has 1 aliphatic carbocycles. The Morgan fingerprint density at radius 1 is 1.35 bits per heavy atom. The number of imidazole rings is 1. The first-order valence-corrected chi connectivity index (χ1v) is 8.06. The average Bonchev–Trinajstić information content (AvgIpc) is 3.11. The van der Waals surface area contributed by atoms with E-state index in [2.05, 4.69) is 45.9 Å². The van der Waals surface area contributed by atoms with Gasteiger partial charge in [0.15, 0.2) is 17.0 Å². The van der Waals surface area contributed by atoms with Gasteiger partial charge in [-0.1, -0.05) is 12.2 Å². The Kier molecular flexibility index (Phi) is 3.09. The first kappa shape index (κ1) is 14.4. The summed E-state index contributed by atoms with van der Waals surface area (Å²) < 4.78 is 2.04. The third-order valence-electron chi connectivity index (χ3n) is 5.10. The van der Waals surface area contributed by atoms with E-state index >= 15 is 0 Å². The molecule has 3 heterocycles. The Morgan fingerprint density at radius 3 is 2.78 bits per heavy atom. The number of hydrogen-bond donors (Lipinski definition) is 2. The molecule has 2 aromatic rings. The van der Waals surface area contributed by atoms with Gasteiger partial charge in [0.1, 0.15) is 0 Å². The van der Waals surface area contributed by atoms with E-state index in [9.17, 15) is 5.11 Å². The number of fused-ring (bicyclic) bond motifs is 1. The van der Waals surface area contributed by atoms with Crippen LogP contribution in [-0.4, -0.2) is 43.3 Å². The van der Waals surface area contributed by atoms with Crippen molar-refractivity contribution < 1.29 is 5.11 Å². The van der Waals surface area contributed by atoms with Gasteiger partial charge in [-0.25, -0.2) is 4.98 Å². The minimum absolute atomic E-state index is 0.0761. The number of aliphatic hydroxyl groups is 1. The highest BCUT2D eigenvalue weighted by atomic mass is 16.3. The van der Waals surface area contributed by atoms with Gasteiger partial charge < -0.3 is 20.3 Å². The number of nitrogens with two attached hydrogens (primary N) is 1. The molecule has 2 aliphatic rings. The Hall–Kier alpha value is -2.15. The van der Waals surface area contributed by atoms with Crippen LogP contribution in [0.5, 0.6) is 0 Å². The van der Waals surface area contributed by atoms with Crippen molar-refractivity contribution in [3.8, 4) is 0 Å². The Labute approximate surface area is 134 Å². The van der Waals surface area contributed by atoms with Gasteiger partial charge in [0.25, 0.3) is 0 Å². The SMILES string of the molecule is CC1(C)CCN1c1nc(N)nc2c1ncn2[C@H]1C=C[C@@H](CO)C1. The zero-order chi connectivity index (χ0) is 16.2. The maximum atomic E-state index is 9.32. The quantitative estimate of drug-likeness (QED) is 0.834. The van der Waals surface area contributed by atoms with Crippen molar-refractivity contribution in [1.29, 1.82) is 0 Å². The van der Waals surface area contributed by atoms with E-state index in [-0.39, 0.29) is 30.1 Å². The number of allylic oxidation sites excluding steroid dienone is 1. The molecule has 7 nitrogen and oxygen atoms in total. The van der Waals surface area contributed by atoms with Crippen molar-refractivity contribution in [2.75, 3.05) is 23.8 Å². The van der Waals surface area contributed by atoms with Gasteiger partial charge in [0, 0.05) is 24.6 Å². The van der Waals surface area contributed by atoms with Crippen LogP contribution in [0.1, 0.15) is 32.7 Å². The molecule has 0 spiro atoms. The summed E-state index contributed by atoms with van der Waals surface area (Å²) in [5, 5.41) is 9.32. The van der Waals surface area contributed by atoms with Crippen LogP contribution in [0.2, 0.25) is 0 Å². The van der Waals surface area contributed by atoms with Gasteiger partial charge in [0.05, 0.1) is 12.4 Å². The van der Waals surface area contributed by atoms with E-state index in [0.717, 1.165) is 36.4 Å². The summed E-state index contributed by atoms with van der Waals surface area (Å²) in [7, 11) is 0. The minimum atomic E-state index is 0.0761. The number of anilines is 2. The van der Waals surface area contributed by atoms with E-state index in [1.54, 1.807) is 0 Å². The maximum absolute atomic E-state index is 9.32. The number of rotatable bonds is 3. The lowest BCUT2D eigenvalue weighted by molar-refractivity contribution is 0.244. The number of nitrogens with zero attached hydrogens (tertiary/aromatic N) is 5. The molecule has 0 bridgehead atoms. The summed E-state index contributed by atoms with van der Waals surface area (Å²) >= 11 is 0. The van der Waals surface area contributed by atoms with Crippen LogP contribution in [0.25, 0.3) is 11.2 Å². The van der Waals surface area contributed by atoms with E-state index in [0.29, 0.717) is 0 Å². The molecule has 4 rings (SSSR count). The standard InChI is InChI=1S/C16H22N6O/c1-16(2)5-6-22(16)14-12-13(19-15(17)20-14)21(9-18-12)11-4-3-10(7-11)8-23/h3-4,9-11,23H,5-8H2,1-2H3,(H2,17,19,20)/t10-,11+/m1/s1. The smallest absolute Gasteiger partial charge is 0.224 e. The zero-order valence-electron chi connectivity index (χ0n) is 13.5. The molecule has 0 aromatic carbocycles. The number of nitrogen functional groups attached to an aromatic ring is 1. The number of hydrogen-bond acceptors (Lipinski definition) is 6. The van der Waals surface area contributed by atoms with Gasteiger partial charge >= 0.3 is 0 Å². The van der Waals surface area contributed by atoms with Crippen LogP contribution in [0.3, 0.4) is 0 Å². The molecule has 0 amide bonds. The Morgan fingerprint density at radius 2 is 2.17 bits per heavy atom. The maximum Gasteiger partial charge on any atom is 0.224 e. The fourth-order valence-corrected chi connectivity index (χ4v) is 3.51. The number of aliphatic hydroxyl groups excluding tert-OH is 1. The van der Waals surface area contributed by atoms with Crippen molar-refractivity contribution in [1.82, 2.24) is 19.5 Å². The van der Waals surface area contributed by atoms with E-state index < -0.39 is 0 Å². The second kappa shape index (κ2) is 4.92. The van der Waals surface area contributed by atoms with E-state index in [1.165, 1.54) is 0 Å².